The van der Waals surface area contributed by atoms with Crippen molar-refractivity contribution in [1.82, 2.24) is 0 Å². The summed E-state index contributed by atoms with van der Waals surface area (Å²) in [7, 11) is 0. The molecule has 1 nitrogen and oxygen atoms in total. The molecule has 1 aliphatic heterocycles. The van der Waals surface area contributed by atoms with Gasteiger partial charge in [0.05, 0.1) is 19.0 Å². The second-order valence-corrected chi connectivity index (χ2v) is 1.87. The molecule has 1 fully saturated rings. The maximum Gasteiger partial charge on any atom is 0.0835 e. The lowest BCUT2D eigenvalue weighted by atomic mass is 10.1. The van der Waals surface area contributed by atoms with E-state index in [1.165, 1.54) is 13.1 Å². The molecule has 5 heavy (non-hydrogen) atoms. The van der Waals surface area contributed by atoms with Gasteiger partial charge in [0.15, 0.2) is 0 Å². The molecule has 1 heterocycles. The molecule has 0 aliphatic carbocycles. The van der Waals surface area contributed by atoms with Gasteiger partial charge in [-0.2, -0.15) is 0 Å². The Morgan fingerprint density at radius 1 is 1.60 bits per heavy atom. The standard InChI is InChI=1S/C4H9N/c1-4-2-5-3-4/h4-5H,2-3H2,1H3/p+1. The Bertz CT molecular complexity index is 30.6. The Kier molecular flexibility index (Phi) is 0.618. The summed E-state index contributed by atoms with van der Waals surface area (Å²) in [6, 6.07) is 0. The summed E-state index contributed by atoms with van der Waals surface area (Å²) in [5, 5.41) is 2.32. The van der Waals surface area contributed by atoms with Crippen LogP contribution in [-0.4, -0.2) is 13.1 Å². The van der Waals surface area contributed by atoms with Gasteiger partial charge in [0.25, 0.3) is 0 Å². The van der Waals surface area contributed by atoms with Crippen LogP contribution in [0.3, 0.4) is 0 Å². The molecule has 0 unspecified atom stereocenters. The summed E-state index contributed by atoms with van der Waals surface area (Å²) in [6.07, 6.45) is 0. The Hall–Kier alpha value is -0.0400. The van der Waals surface area contributed by atoms with Crippen molar-refractivity contribution in [3.63, 3.8) is 0 Å². The maximum atomic E-state index is 2.32. The molecule has 0 saturated carbocycles. The summed E-state index contributed by atoms with van der Waals surface area (Å²) < 4.78 is 0. The van der Waals surface area contributed by atoms with E-state index in [9.17, 15) is 0 Å². The first-order valence-electron chi connectivity index (χ1n) is 2.21. The highest BCUT2D eigenvalue weighted by atomic mass is 14.9. The Morgan fingerprint density at radius 3 is 2.00 bits per heavy atom. The first-order chi connectivity index (χ1) is 2.39. The summed E-state index contributed by atoms with van der Waals surface area (Å²) in [6.45, 7) is 5.00. The summed E-state index contributed by atoms with van der Waals surface area (Å²) in [4.78, 5) is 0. The molecule has 0 amide bonds. The highest BCUT2D eigenvalue weighted by Crippen LogP contribution is 1.87. The zero-order valence-electron chi connectivity index (χ0n) is 3.57. The topological polar surface area (TPSA) is 16.6 Å². The van der Waals surface area contributed by atoms with Crippen LogP contribution in [0.1, 0.15) is 6.92 Å². The number of quaternary nitrogens is 1. The predicted molar refractivity (Wildman–Crippen MR) is 20.8 cm³/mol. The Labute approximate surface area is 32.4 Å². The Balaban J connectivity index is 2.08. The number of hydrogen-bond donors (Lipinski definition) is 1. The Morgan fingerprint density at radius 2 is 2.00 bits per heavy atom. The highest BCUT2D eigenvalue weighted by molar-refractivity contribution is 4.49. The monoisotopic (exact) mass is 72.1 g/mol. The third-order valence-electron chi connectivity index (χ3n) is 1.14. The van der Waals surface area contributed by atoms with E-state index in [0.29, 0.717) is 0 Å². The molecular formula is C4H10N+. The SMILES string of the molecule is CC1C[NH2+]C1. The van der Waals surface area contributed by atoms with Crippen molar-refractivity contribution in [2.24, 2.45) is 5.92 Å². The largest absolute Gasteiger partial charge is 0.345 e. The lowest BCUT2D eigenvalue weighted by Gasteiger charge is -2.16. The minimum Gasteiger partial charge on any atom is -0.345 e. The van der Waals surface area contributed by atoms with E-state index in [0.717, 1.165) is 5.92 Å². The van der Waals surface area contributed by atoms with Gasteiger partial charge in [-0.05, 0) is 0 Å². The van der Waals surface area contributed by atoms with Crippen LogP contribution in [0.15, 0.2) is 0 Å². The van der Waals surface area contributed by atoms with E-state index < -0.39 is 0 Å². The van der Waals surface area contributed by atoms with Crippen LogP contribution in [0.5, 0.6) is 0 Å². The molecule has 30 valence electrons. The van der Waals surface area contributed by atoms with E-state index >= 15 is 0 Å². The van der Waals surface area contributed by atoms with Crippen molar-refractivity contribution in [2.75, 3.05) is 13.1 Å². The van der Waals surface area contributed by atoms with E-state index in [1.807, 2.05) is 0 Å². The summed E-state index contributed by atoms with van der Waals surface area (Å²) in [5.41, 5.74) is 0. The normalized spacial score (nSPS) is 25.8. The van der Waals surface area contributed by atoms with Gasteiger partial charge in [0, 0.05) is 0 Å². The van der Waals surface area contributed by atoms with Gasteiger partial charge in [0.1, 0.15) is 0 Å². The molecule has 0 atom stereocenters. The quantitative estimate of drug-likeness (QED) is 0.386. The summed E-state index contributed by atoms with van der Waals surface area (Å²) in [5.74, 6) is 1.01. The molecule has 2 N–H and O–H groups in total. The molecule has 0 aromatic rings. The van der Waals surface area contributed by atoms with Crippen LogP contribution in [0.25, 0.3) is 0 Å². The van der Waals surface area contributed by atoms with Crippen molar-refractivity contribution >= 4 is 0 Å². The van der Waals surface area contributed by atoms with Crippen LogP contribution < -0.4 is 5.32 Å². The average molecular weight is 72.1 g/mol. The first-order valence-corrected chi connectivity index (χ1v) is 2.21. The van der Waals surface area contributed by atoms with E-state index in [4.69, 9.17) is 0 Å². The molecule has 0 aromatic heterocycles. The van der Waals surface area contributed by atoms with E-state index in [-0.39, 0.29) is 0 Å². The third kappa shape index (κ3) is 0.428. The third-order valence-corrected chi connectivity index (χ3v) is 1.14. The van der Waals surface area contributed by atoms with E-state index in [1.54, 1.807) is 0 Å². The molecule has 0 spiro atoms. The number of nitrogens with two attached hydrogens (primary N) is 1. The number of rotatable bonds is 0. The molecular weight excluding hydrogens is 62.1 g/mol. The van der Waals surface area contributed by atoms with Crippen LogP contribution >= 0.6 is 0 Å². The maximum absolute atomic E-state index is 2.32. The van der Waals surface area contributed by atoms with Crippen molar-refractivity contribution < 1.29 is 5.32 Å². The first kappa shape index (κ1) is 3.16. The van der Waals surface area contributed by atoms with Crippen molar-refractivity contribution in [2.45, 2.75) is 6.92 Å². The lowest BCUT2D eigenvalue weighted by Crippen LogP contribution is -2.95. The molecule has 0 radical (unpaired) electrons. The van der Waals surface area contributed by atoms with Crippen LogP contribution in [-0.2, 0) is 0 Å². The molecule has 1 aliphatic rings. The zero-order chi connectivity index (χ0) is 3.70. The molecule has 1 rings (SSSR count). The number of hydrogen-bond acceptors (Lipinski definition) is 0. The molecule has 0 bridgehead atoms. The molecule has 1 heteroatoms. The minimum atomic E-state index is 1.01. The smallest absolute Gasteiger partial charge is 0.0835 e. The van der Waals surface area contributed by atoms with Gasteiger partial charge < -0.3 is 5.32 Å². The van der Waals surface area contributed by atoms with Crippen LogP contribution in [0, 0.1) is 5.92 Å². The van der Waals surface area contributed by atoms with Gasteiger partial charge in [-0.3, -0.25) is 0 Å². The van der Waals surface area contributed by atoms with Crippen molar-refractivity contribution in [3.05, 3.63) is 0 Å². The fraction of sp³-hybridized carbons (Fsp3) is 1.00. The fourth-order valence-corrected chi connectivity index (χ4v) is 0.500. The fourth-order valence-electron chi connectivity index (χ4n) is 0.500. The van der Waals surface area contributed by atoms with Gasteiger partial charge in [0.2, 0.25) is 0 Å². The van der Waals surface area contributed by atoms with Crippen molar-refractivity contribution in [1.29, 1.82) is 0 Å². The predicted octanol–water partition coefficient (Wildman–Crippen LogP) is -0.801. The molecule has 1 saturated heterocycles. The van der Waals surface area contributed by atoms with Crippen LogP contribution in [0.2, 0.25) is 0 Å². The highest BCUT2D eigenvalue weighted by Gasteiger charge is 2.13. The average Bonchev–Trinajstić information content (AvgIpc) is 1.30. The zero-order valence-corrected chi connectivity index (χ0v) is 3.57. The van der Waals surface area contributed by atoms with Gasteiger partial charge in [-0.1, -0.05) is 6.92 Å². The van der Waals surface area contributed by atoms with Crippen LogP contribution in [0.4, 0.5) is 0 Å². The lowest BCUT2D eigenvalue weighted by molar-refractivity contribution is -0.721. The van der Waals surface area contributed by atoms with Gasteiger partial charge >= 0.3 is 0 Å². The molecule has 0 aromatic carbocycles. The second-order valence-electron chi connectivity index (χ2n) is 1.87. The van der Waals surface area contributed by atoms with E-state index in [2.05, 4.69) is 12.2 Å². The van der Waals surface area contributed by atoms with Gasteiger partial charge in [-0.25, -0.2) is 0 Å². The van der Waals surface area contributed by atoms with Crippen molar-refractivity contribution in [3.8, 4) is 0 Å². The second kappa shape index (κ2) is 0.977. The summed E-state index contributed by atoms with van der Waals surface area (Å²) >= 11 is 0. The minimum absolute atomic E-state index is 1.01. The van der Waals surface area contributed by atoms with Gasteiger partial charge in [-0.15, -0.1) is 0 Å².